The molecular weight excluding hydrogens is 316 g/mol. The first kappa shape index (κ1) is 17.5. The average molecular weight is 343 g/mol. The van der Waals surface area contributed by atoms with Crippen molar-refractivity contribution in [1.82, 2.24) is 4.90 Å². The number of nitrogens with zero attached hydrogens (tertiary/aromatic N) is 1. The molecule has 2 heterocycles. The quantitative estimate of drug-likeness (QED) is 0.889. The SMILES string of the molecule is CCC1(N)CCN2CCc3ccccc3C2(c2ccccc2)C1.Cl. The van der Waals surface area contributed by atoms with Crippen LogP contribution in [0.3, 0.4) is 0 Å². The normalized spacial score (nSPS) is 29.2. The molecule has 2 aromatic rings. The van der Waals surface area contributed by atoms with E-state index in [1.54, 1.807) is 0 Å². The average Bonchev–Trinajstić information content (AvgIpc) is 2.62. The van der Waals surface area contributed by atoms with Gasteiger partial charge in [-0.05, 0) is 42.4 Å². The Bertz CT molecular complexity index is 702. The number of fused-ring (bicyclic) bond motifs is 3. The van der Waals surface area contributed by atoms with Crippen molar-refractivity contribution in [2.45, 2.75) is 43.7 Å². The molecule has 2 aliphatic rings. The van der Waals surface area contributed by atoms with Gasteiger partial charge in [-0.2, -0.15) is 0 Å². The molecule has 2 aliphatic heterocycles. The summed E-state index contributed by atoms with van der Waals surface area (Å²) in [6.45, 7) is 4.46. The van der Waals surface area contributed by atoms with Crippen LogP contribution in [-0.4, -0.2) is 23.5 Å². The number of hydrogen-bond donors (Lipinski definition) is 1. The predicted molar refractivity (Wildman–Crippen MR) is 103 cm³/mol. The second-order valence-electron chi connectivity index (χ2n) is 7.26. The van der Waals surface area contributed by atoms with E-state index in [-0.39, 0.29) is 23.5 Å². The molecule has 2 aromatic carbocycles. The second kappa shape index (κ2) is 6.51. The van der Waals surface area contributed by atoms with Crippen molar-refractivity contribution in [3.8, 4) is 0 Å². The lowest BCUT2D eigenvalue weighted by Crippen LogP contribution is -2.62. The summed E-state index contributed by atoms with van der Waals surface area (Å²) in [7, 11) is 0. The summed E-state index contributed by atoms with van der Waals surface area (Å²) in [5.41, 5.74) is 11.1. The zero-order valence-electron chi connectivity index (χ0n) is 14.4. The van der Waals surface area contributed by atoms with Crippen molar-refractivity contribution in [2.75, 3.05) is 13.1 Å². The summed E-state index contributed by atoms with van der Waals surface area (Å²) in [5, 5.41) is 0. The minimum absolute atomic E-state index is 0. The fourth-order valence-electron chi connectivity index (χ4n) is 4.68. The molecule has 24 heavy (non-hydrogen) atoms. The molecule has 128 valence electrons. The van der Waals surface area contributed by atoms with E-state index < -0.39 is 0 Å². The van der Waals surface area contributed by atoms with E-state index in [2.05, 4.69) is 66.4 Å². The minimum atomic E-state index is -0.0726. The molecule has 2 unspecified atom stereocenters. The third-order valence-corrected chi connectivity index (χ3v) is 6.10. The number of benzene rings is 2. The first-order valence-corrected chi connectivity index (χ1v) is 8.86. The molecule has 0 spiro atoms. The van der Waals surface area contributed by atoms with Crippen LogP contribution in [0.4, 0.5) is 0 Å². The van der Waals surface area contributed by atoms with Crippen LogP contribution < -0.4 is 5.73 Å². The lowest BCUT2D eigenvalue weighted by molar-refractivity contribution is 0.0242. The number of piperidine rings is 1. The Morgan fingerprint density at radius 3 is 2.46 bits per heavy atom. The van der Waals surface area contributed by atoms with Gasteiger partial charge < -0.3 is 5.73 Å². The van der Waals surface area contributed by atoms with E-state index >= 15 is 0 Å². The summed E-state index contributed by atoms with van der Waals surface area (Å²) in [6.07, 6.45) is 4.30. The van der Waals surface area contributed by atoms with Gasteiger partial charge in [0.25, 0.3) is 0 Å². The lowest BCUT2D eigenvalue weighted by atomic mass is 9.65. The number of halogens is 1. The van der Waals surface area contributed by atoms with E-state index in [0.717, 1.165) is 38.8 Å². The Hall–Kier alpha value is -1.35. The Morgan fingerprint density at radius 1 is 1.00 bits per heavy atom. The fraction of sp³-hybridized carbons (Fsp3) is 0.429. The largest absolute Gasteiger partial charge is 0.325 e. The van der Waals surface area contributed by atoms with Gasteiger partial charge in [-0.25, -0.2) is 0 Å². The van der Waals surface area contributed by atoms with E-state index in [1.807, 2.05) is 0 Å². The standard InChI is InChI=1S/C21H26N2.ClH/c1-2-20(22)13-15-23-14-12-17-8-6-7-11-19(17)21(23,16-20)18-9-4-3-5-10-18;/h3-11H,2,12-16,22H2,1H3;1H. The van der Waals surface area contributed by atoms with Gasteiger partial charge in [0.1, 0.15) is 0 Å². The highest BCUT2D eigenvalue weighted by atomic mass is 35.5. The molecule has 0 bridgehead atoms. The van der Waals surface area contributed by atoms with Gasteiger partial charge >= 0.3 is 0 Å². The molecule has 4 rings (SSSR count). The zero-order chi connectivity index (χ0) is 15.9. The molecule has 2 nitrogen and oxygen atoms in total. The molecule has 2 atom stereocenters. The van der Waals surface area contributed by atoms with Crippen molar-refractivity contribution >= 4 is 12.4 Å². The maximum atomic E-state index is 6.82. The van der Waals surface area contributed by atoms with Gasteiger partial charge in [0.05, 0.1) is 5.54 Å². The maximum Gasteiger partial charge on any atom is 0.0736 e. The van der Waals surface area contributed by atoms with Crippen molar-refractivity contribution in [3.63, 3.8) is 0 Å². The molecule has 3 heteroatoms. The van der Waals surface area contributed by atoms with Gasteiger partial charge in [-0.15, -0.1) is 12.4 Å². The first-order chi connectivity index (χ1) is 11.2. The Labute approximate surface area is 151 Å². The van der Waals surface area contributed by atoms with E-state index in [4.69, 9.17) is 5.73 Å². The topological polar surface area (TPSA) is 29.3 Å². The summed E-state index contributed by atoms with van der Waals surface area (Å²) >= 11 is 0. The third-order valence-electron chi connectivity index (χ3n) is 6.10. The molecule has 0 amide bonds. The van der Waals surface area contributed by atoms with Crippen LogP contribution in [0.1, 0.15) is 42.9 Å². The Balaban J connectivity index is 0.00000169. The summed E-state index contributed by atoms with van der Waals surface area (Å²) in [5.74, 6) is 0. The van der Waals surface area contributed by atoms with E-state index in [1.165, 1.54) is 16.7 Å². The Kier molecular flexibility index (Phi) is 4.74. The van der Waals surface area contributed by atoms with Crippen molar-refractivity contribution in [1.29, 1.82) is 0 Å². The fourth-order valence-corrected chi connectivity index (χ4v) is 4.68. The van der Waals surface area contributed by atoms with Gasteiger partial charge in [0, 0.05) is 18.6 Å². The molecule has 0 radical (unpaired) electrons. The van der Waals surface area contributed by atoms with E-state index in [0.29, 0.717) is 0 Å². The minimum Gasteiger partial charge on any atom is -0.325 e. The van der Waals surface area contributed by atoms with Crippen LogP contribution >= 0.6 is 12.4 Å². The van der Waals surface area contributed by atoms with Crippen LogP contribution in [0.25, 0.3) is 0 Å². The number of rotatable bonds is 2. The first-order valence-electron chi connectivity index (χ1n) is 8.86. The Morgan fingerprint density at radius 2 is 1.71 bits per heavy atom. The molecule has 0 saturated carbocycles. The van der Waals surface area contributed by atoms with Gasteiger partial charge in [0.15, 0.2) is 0 Å². The van der Waals surface area contributed by atoms with Crippen molar-refractivity contribution in [3.05, 3.63) is 71.3 Å². The number of hydrogen-bond acceptors (Lipinski definition) is 2. The summed E-state index contributed by atoms with van der Waals surface area (Å²) < 4.78 is 0. The monoisotopic (exact) mass is 342 g/mol. The third kappa shape index (κ3) is 2.57. The molecule has 1 fully saturated rings. The highest BCUT2D eigenvalue weighted by molar-refractivity contribution is 5.85. The highest BCUT2D eigenvalue weighted by Crippen LogP contribution is 2.49. The molecule has 0 aromatic heterocycles. The van der Waals surface area contributed by atoms with Crippen LogP contribution in [-0.2, 0) is 12.0 Å². The van der Waals surface area contributed by atoms with Gasteiger partial charge in [-0.1, -0.05) is 61.5 Å². The smallest absolute Gasteiger partial charge is 0.0736 e. The lowest BCUT2D eigenvalue weighted by Gasteiger charge is -2.56. The molecule has 0 aliphatic carbocycles. The van der Waals surface area contributed by atoms with Crippen LogP contribution in [0.2, 0.25) is 0 Å². The zero-order valence-corrected chi connectivity index (χ0v) is 15.2. The second-order valence-corrected chi connectivity index (χ2v) is 7.26. The number of nitrogens with two attached hydrogens (primary N) is 1. The molecular formula is C21H27ClN2. The molecule has 2 N–H and O–H groups in total. The van der Waals surface area contributed by atoms with Gasteiger partial charge in [0.2, 0.25) is 0 Å². The van der Waals surface area contributed by atoms with Crippen molar-refractivity contribution < 1.29 is 0 Å². The van der Waals surface area contributed by atoms with Gasteiger partial charge in [-0.3, -0.25) is 4.90 Å². The van der Waals surface area contributed by atoms with Crippen molar-refractivity contribution in [2.24, 2.45) is 5.73 Å². The van der Waals surface area contributed by atoms with Crippen LogP contribution in [0.5, 0.6) is 0 Å². The molecule has 1 saturated heterocycles. The highest BCUT2D eigenvalue weighted by Gasteiger charge is 2.51. The maximum absolute atomic E-state index is 6.82. The van der Waals surface area contributed by atoms with Crippen LogP contribution in [0, 0.1) is 0 Å². The van der Waals surface area contributed by atoms with E-state index in [9.17, 15) is 0 Å². The predicted octanol–water partition coefficient (Wildman–Crippen LogP) is 4.11. The summed E-state index contributed by atoms with van der Waals surface area (Å²) in [6, 6.07) is 20.0. The summed E-state index contributed by atoms with van der Waals surface area (Å²) in [4.78, 5) is 2.69. The van der Waals surface area contributed by atoms with Crippen LogP contribution in [0.15, 0.2) is 54.6 Å².